The van der Waals surface area contributed by atoms with Gasteiger partial charge in [-0.05, 0) is 28.3 Å². The van der Waals surface area contributed by atoms with Crippen molar-refractivity contribution in [2.24, 2.45) is 0 Å². The average molecular weight is 459 g/mol. The van der Waals surface area contributed by atoms with Gasteiger partial charge >= 0.3 is 11.6 Å². The van der Waals surface area contributed by atoms with Crippen molar-refractivity contribution >= 4 is 38.5 Å². The predicted octanol–water partition coefficient (Wildman–Crippen LogP) is 5.41. The maximum absolute atomic E-state index is 12.7. The summed E-state index contributed by atoms with van der Waals surface area (Å²) in [7, 11) is 1.26. The molecule has 35 heavy (non-hydrogen) atoms. The van der Waals surface area contributed by atoms with Crippen LogP contribution in [0.15, 0.2) is 94.1 Å². The van der Waals surface area contributed by atoms with Gasteiger partial charge in [0.25, 0.3) is 5.82 Å². The Kier molecular flexibility index (Phi) is 4.81. The molecule has 0 radical (unpaired) electrons. The fourth-order valence-corrected chi connectivity index (χ4v) is 4.31. The maximum Gasteiger partial charge on any atom is 0.378 e. The summed E-state index contributed by atoms with van der Waals surface area (Å²) in [6, 6.07) is 26.7. The number of esters is 1. The monoisotopic (exact) mass is 459 g/mol. The third-order valence-electron chi connectivity index (χ3n) is 5.97. The van der Waals surface area contributed by atoms with E-state index < -0.39 is 11.6 Å². The first-order valence-corrected chi connectivity index (χ1v) is 10.9. The molecule has 6 aromatic rings. The quantitative estimate of drug-likeness (QED) is 0.198. The summed E-state index contributed by atoms with van der Waals surface area (Å²) < 4.78 is 10.4. The first-order chi connectivity index (χ1) is 17.1. The molecule has 0 amide bonds. The summed E-state index contributed by atoms with van der Waals surface area (Å²) in [6.45, 7) is 0. The topological polar surface area (TPSA) is 95.2 Å². The zero-order valence-corrected chi connectivity index (χ0v) is 18.6. The molecule has 0 saturated carbocycles. The van der Waals surface area contributed by atoms with Crippen LogP contribution in [0.3, 0.4) is 0 Å². The lowest BCUT2D eigenvalue weighted by molar-refractivity contribution is 0.0585. The van der Waals surface area contributed by atoms with Crippen LogP contribution in [0.25, 0.3) is 55.0 Å². The number of aromatic nitrogens is 3. The number of methoxy groups -OCH3 is 1. The summed E-state index contributed by atoms with van der Waals surface area (Å²) in [5.74, 6) is -0.869. The van der Waals surface area contributed by atoms with Crippen LogP contribution >= 0.6 is 0 Å². The summed E-state index contributed by atoms with van der Waals surface area (Å²) in [4.78, 5) is 29.4. The lowest BCUT2D eigenvalue weighted by Gasteiger charge is -2.12. The van der Waals surface area contributed by atoms with Gasteiger partial charge in [-0.25, -0.2) is 14.6 Å². The molecule has 0 aliphatic carbocycles. The number of ether oxygens (including phenoxy) is 1. The third-order valence-corrected chi connectivity index (χ3v) is 5.97. The molecule has 0 fully saturated rings. The second kappa shape index (κ2) is 8.14. The molecule has 0 saturated heterocycles. The first kappa shape index (κ1) is 20.7. The van der Waals surface area contributed by atoms with E-state index in [0.29, 0.717) is 27.9 Å². The fourth-order valence-electron chi connectivity index (χ4n) is 4.31. The Bertz CT molecular complexity index is 1840. The molecular formula is C28H17N3O4. The Morgan fingerprint density at radius 1 is 0.771 bits per heavy atom. The van der Waals surface area contributed by atoms with Gasteiger partial charge in [0.1, 0.15) is 17.0 Å². The molecule has 6 rings (SSSR count). The van der Waals surface area contributed by atoms with E-state index in [0.717, 1.165) is 27.1 Å². The number of rotatable bonds is 3. The van der Waals surface area contributed by atoms with Crippen LogP contribution in [0, 0.1) is 0 Å². The number of nitrogens with zero attached hydrogens (tertiary/aromatic N) is 3. The second-order valence-electron chi connectivity index (χ2n) is 8.03. The molecule has 2 aromatic heterocycles. The smallest absolute Gasteiger partial charge is 0.378 e. The number of benzene rings is 4. The highest BCUT2D eigenvalue weighted by atomic mass is 16.5. The molecule has 7 heteroatoms. The molecule has 0 unspecified atom stereocenters. The Hall–Kier alpha value is -4.91. The van der Waals surface area contributed by atoms with E-state index in [1.807, 2.05) is 78.9 Å². The lowest BCUT2D eigenvalue weighted by Crippen LogP contribution is -2.11. The number of hydrogen-bond acceptors (Lipinski definition) is 7. The lowest BCUT2D eigenvalue weighted by atomic mass is 9.98. The van der Waals surface area contributed by atoms with Gasteiger partial charge in [0.05, 0.1) is 7.11 Å². The molecule has 0 atom stereocenters. The summed E-state index contributed by atoms with van der Waals surface area (Å²) in [6.07, 6.45) is 0. The average Bonchev–Trinajstić information content (AvgIpc) is 2.91. The van der Waals surface area contributed by atoms with E-state index >= 15 is 0 Å². The van der Waals surface area contributed by atoms with Crippen molar-refractivity contribution in [3.8, 4) is 22.5 Å². The summed E-state index contributed by atoms with van der Waals surface area (Å²) in [5.41, 5.74) is 1.94. The van der Waals surface area contributed by atoms with Crippen molar-refractivity contribution in [3.05, 3.63) is 101 Å². The number of carbonyl (C=O) groups is 1. The molecule has 7 nitrogen and oxygen atoms in total. The van der Waals surface area contributed by atoms with E-state index in [1.165, 1.54) is 13.2 Å². The van der Waals surface area contributed by atoms with Gasteiger partial charge in [-0.2, -0.15) is 0 Å². The van der Waals surface area contributed by atoms with Gasteiger partial charge in [0.15, 0.2) is 0 Å². The highest BCUT2D eigenvalue weighted by Crippen LogP contribution is 2.36. The molecule has 4 aromatic carbocycles. The Balaban J connectivity index is 1.68. The summed E-state index contributed by atoms with van der Waals surface area (Å²) in [5, 5.41) is 12.9. The van der Waals surface area contributed by atoms with Crippen LogP contribution < -0.4 is 5.63 Å². The molecule has 0 bridgehead atoms. The van der Waals surface area contributed by atoms with Gasteiger partial charge < -0.3 is 9.15 Å². The van der Waals surface area contributed by atoms with E-state index in [4.69, 9.17) is 9.15 Å². The highest BCUT2D eigenvalue weighted by Gasteiger charge is 2.21. The van der Waals surface area contributed by atoms with E-state index in [9.17, 15) is 9.59 Å². The van der Waals surface area contributed by atoms with Gasteiger partial charge in [-0.15, -0.1) is 10.2 Å². The van der Waals surface area contributed by atoms with Crippen LogP contribution in [0.2, 0.25) is 0 Å². The Morgan fingerprint density at radius 2 is 1.51 bits per heavy atom. The van der Waals surface area contributed by atoms with Crippen molar-refractivity contribution in [2.75, 3.05) is 7.11 Å². The summed E-state index contributed by atoms with van der Waals surface area (Å²) >= 11 is 0. The van der Waals surface area contributed by atoms with Crippen LogP contribution in [-0.4, -0.2) is 28.3 Å². The minimum Gasteiger partial charge on any atom is -0.463 e. The third kappa shape index (κ3) is 3.50. The van der Waals surface area contributed by atoms with E-state index in [1.54, 1.807) is 0 Å². The molecule has 168 valence electrons. The molecule has 0 aliphatic rings. The van der Waals surface area contributed by atoms with Gasteiger partial charge in [0, 0.05) is 28.0 Å². The van der Waals surface area contributed by atoms with Gasteiger partial charge in [-0.3, -0.25) is 0 Å². The van der Waals surface area contributed by atoms with Crippen LogP contribution in [0.1, 0.15) is 10.6 Å². The normalized spacial score (nSPS) is 11.2. The van der Waals surface area contributed by atoms with E-state index in [2.05, 4.69) is 15.2 Å². The SMILES string of the molecule is COC(=O)c1nnc(-c2cc(=O)oc3c2ccc2ccccc23)c(-c2ccc3ccccc3c2)n1. The van der Waals surface area contributed by atoms with Crippen LogP contribution in [0.4, 0.5) is 0 Å². The molecule has 0 N–H and O–H groups in total. The highest BCUT2D eigenvalue weighted by molar-refractivity contribution is 6.09. The first-order valence-electron chi connectivity index (χ1n) is 10.9. The van der Waals surface area contributed by atoms with Crippen LogP contribution in [0.5, 0.6) is 0 Å². The van der Waals surface area contributed by atoms with Gasteiger partial charge in [0.2, 0.25) is 0 Å². The number of fused-ring (bicyclic) bond motifs is 4. The molecule has 2 heterocycles. The minimum atomic E-state index is -0.700. The number of hydrogen-bond donors (Lipinski definition) is 0. The fraction of sp³-hybridized carbons (Fsp3) is 0.0357. The van der Waals surface area contributed by atoms with Crippen LogP contribution in [-0.2, 0) is 4.74 Å². The predicted molar refractivity (Wildman–Crippen MR) is 133 cm³/mol. The Morgan fingerprint density at radius 3 is 2.34 bits per heavy atom. The van der Waals surface area contributed by atoms with Crippen molar-refractivity contribution in [2.45, 2.75) is 0 Å². The molecule has 0 spiro atoms. The maximum atomic E-state index is 12.7. The largest absolute Gasteiger partial charge is 0.463 e. The second-order valence-corrected chi connectivity index (χ2v) is 8.03. The minimum absolute atomic E-state index is 0.169. The zero-order chi connectivity index (χ0) is 23.9. The van der Waals surface area contributed by atoms with Crippen molar-refractivity contribution in [1.82, 2.24) is 15.2 Å². The zero-order valence-electron chi connectivity index (χ0n) is 18.6. The van der Waals surface area contributed by atoms with Crippen molar-refractivity contribution in [3.63, 3.8) is 0 Å². The standard InChI is InChI=1S/C28H17N3O4/c1-34-28(33)27-29-24(19-11-10-16-6-2-3-8-18(16)14-19)25(30-31-27)22-15-23(32)35-26-20-9-5-4-7-17(20)12-13-21(22)26/h2-15H,1H3. The van der Waals surface area contributed by atoms with Crippen molar-refractivity contribution < 1.29 is 13.9 Å². The number of carbonyl (C=O) groups excluding carboxylic acids is 1. The Labute approximate surface area is 198 Å². The molecular weight excluding hydrogens is 442 g/mol. The van der Waals surface area contributed by atoms with Crippen molar-refractivity contribution in [1.29, 1.82) is 0 Å². The molecule has 0 aliphatic heterocycles. The van der Waals surface area contributed by atoms with E-state index in [-0.39, 0.29) is 5.82 Å². The van der Waals surface area contributed by atoms with Gasteiger partial charge in [-0.1, -0.05) is 66.7 Å².